The molecule has 1 aliphatic heterocycles. The number of ether oxygens (including phenoxy) is 2. The summed E-state index contributed by atoms with van der Waals surface area (Å²) in [7, 11) is 0.990. The van der Waals surface area contributed by atoms with Crippen LogP contribution in [0.25, 0.3) is 0 Å². The SMILES string of the molecule is COC(=O)[C@]1(O)C[C@@H](O)[C@@H](NC(C)=O)[C@@H]([C@H](O)[C@H](O)CO)O1. The van der Waals surface area contributed by atoms with Crippen LogP contribution in [0.15, 0.2) is 0 Å². The van der Waals surface area contributed by atoms with Crippen molar-refractivity contribution in [3.63, 3.8) is 0 Å². The van der Waals surface area contributed by atoms with E-state index >= 15 is 0 Å². The number of carbonyl (C=O) groups excluding carboxylic acids is 2. The molecular formula is C12H21NO9. The average molecular weight is 323 g/mol. The molecule has 1 saturated heterocycles. The van der Waals surface area contributed by atoms with E-state index in [9.17, 15) is 30.0 Å². The lowest BCUT2D eigenvalue weighted by molar-refractivity contribution is -0.296. The summed E-state index contributed by atoms with van der Waals surface area (Å²) >= 11 is 0. The van der Waals surface area contributed by atoms with E-state index in [1.165, 1.54) is 0 Å². The first-order chi connectivity index (χ1) is 10.2. The summed E-state index contributed by atoms with van der Waals surface area (Å²) in [6.45, 7) is 0.320. The van der Waals surface area contributed by atoms with Crippen molar-refractivity contribution in [2.45, 2.75) is 49.6 Å². The number of hydrogen-bond donors (Lipinski definition) is 6. The largest absolute Gasteiger partial charge is 0.465 e. The van der Waals surface area contributed by atoms with Gasteiger partial charge in [-0.25, -0.2) is 4.79 Å². The third-order valence-corrected chi connectivity index (χ3v) is 3.38. The quantitative estimate of drug-likeness (QED) is 0.278. The molecule has 1 fully saturated rings. The van der Waals surface area contributed by atoms with Crippen molar-refractivity contribution in [3.05, 3.63) is 0 Å². The van der Waals surface area contributed by atoms with Gasteiger partial charge in [0.25, 0.3) is 5.79 Å². The molecule has 10 heteroatoms. The summed E-state index contributed by atoms with van der Waals surface area (Å²) in [4.78, 5) is 22.8. The molecule has 0 aliphatic carbocycles. The van der Waals surface area contributed by atoms with E-state index in [1.807, 2.05) is 0 Å². The number of rotatable bonds is 5. The molecular weight excluding hydrogens is 302 g/mol. The van der Waals surface area contributed by atoms with E-state index in [0.717, 1.165) is 14.0 Å². The van der Waals surface area contributed by atoms with E-state index in [0.29, 0.717) is 0 Å². The van der Waals surface area contributed by atoms with Crippen LogP contribution in [-0.2, 0) is 19.1 Å². The van der Waals surface area contributed by atoms with Gasteiger partial charge in [0.05, 0.1) is 25.9 Å². The number of carbonyl (C=O) groups is 2. The molecule has 1 heterocycles. The summed E-state index contributed by atoms with van der Waals surface area (Å²) < 4.78 is 9.45. The monoisotopic (exact) mass is 323 g/mol. The molecule has 0 unspecified atom stereocenters. The maximum absolute atomic E-state index is 11.6. The van der Waals surface area contributed by atoms with Crippen molar-refractivity contribution in [2.75, 3.05) is 13.7 Å². The molecule has 22 heavy (non-hydrogen) atoms. The van der Waals surface area contributed by atoms with Crippen LogP contribution in [0.4, 0.5) is 0 Å². The lowest BCUT2D eigenvalue weighted by Gasteiger charge is -2.45. The molecule has 0 saturated carbocycles. The lowest BCUT2D eigenvalue weighted by atomic mass is 9.88. The highest BCUT2D eigenvalue weighted by Gasteiger charge is 2.54. The molecule has 10 nitrogen and oxygen atoms in total. The smallest absolute Gasteiger partial charge is 0.366 e. The Morgan fingerprint density at radius 2 is 2.05 bits per heavy atom. The Balaban J connectivity index is 3.09. The van der Waals surface area contributed by atoms with Crippen molar-refractivity contribution >= 4 is 11.9 Å². The molecule has 6 atom stereocenters. The number of esters is 1. The molecule has 0 aromatic rings. The first-order valence-corrected chi connectivity index (χ1v) is 6.57. The second-order valence-corrected chi connectivity index (χ2v) is 5.10. The molecule has 1 amide bonds. The van der Waals surface area contributed by atoms with Crippen LogP contribution in [-0.4, -0.2) is 87.4 Å². The Morgan fingerprint density at radius 1 is 1.45 bits per heavy atom. The first-order valence-electron chi connectivity index (χ1n) is 6.57. The maximum Gasteiger partial charge on any atom is 0.366 e. The van der Waals surface area contributed by atoms with Gasteiger partial charge in [-0.2, -0.15) is 0 Å². The zero-order valence-electron chi connectivity index (χ0n) is 12.2. The molecule has 1 rings (SSSR count). The first kappa shape index (κ1) is 18.7. The van der Waals surface area contributed by atoms with Crippen LogP contribution in [0.5, 0.6) is 0 Å². The fraction of sp³-hybridized carbons (Fsp3) is 0.833. The van der Waals surface area contributed by atoms with E-state index in [2.05, 4.69) is 10.1 Å². The van der Waals surface area contributed by atoms with E-state index in [1.54, 1.807) is 0 Å². The number of aliphatic hydroxyl groups is 5. The summed E-state index contributed by atoms with van der Waals surface area (Å²) in [5, 5.41) is 50.8. The van der Waals surface area contributed by atoms with Gasteiger partial charge in [0, 0.05) is 13.3 Å². The van der Waals surface area contributed by atoms with Crippen LogP contribution < -0.4 is 5.32 Å². The molecule has 0 bridgehead atoms. The number of amides is 1. The van der Waals surface area contributed by atoms with Crippen molar-refractivity contribution in [1.29, 1.82) is 0 Å². The zero-order chi connectivity index (χ0) is 17.1. The number of hydrogen-bond acceptors (Lipinski definition) is 9. The van der Waals surface area contributed by atoms with E-state index in [-0.39, 0.29) is 0 Å². The van der Waals surface area contributed by atoms with Crippen LogP contribution in [0.1, 0.15) is 13.3 Å². The van der Waals surface area contributed by atoms with Crippen molar-refractivity contribution in [3.8, 4) is 0 Å². The lowest BCUT2D eigenvalue weighted by Crippen LogP contribution is -2.67. The molecule has 1 aliphatic rings. The standard InChI is InChI=1S/C12H21NO9/c1-5(15)13-8-6(16)3-12(20,11(19)21-2)22-10(8)9(18)7(17)4-14/h6-10,14,16-18,20H,3-4H2,1-2H3,(H,13,15)/t6-,7-,8-,9-,10+,12+/m1/s1. The van der Waals surface area contributed by atoms with Gasteiger partial charge in [-0.15, -0.1) is 0 Å². The Morgan fingerprint density at radius 3 is 2.50 bits per heavy atom. The molecule has 0 radical (unpaired) electrons. The van der Waals surface area contributed by atoms with Gasteiger partial charge < -0.3 is 40.3 Å². The highest BCUT2D eigenvalue weighted by Crippen LogP contribution is 2.31. The van der Waals surface area contributed by atoms with Crippen LogP contribution in [0, 0.1) is 0 Å². The third-order valence-electron chi connectivity index (χ3n) is 3.38. The van der Waals surface area contributed by atoms with Gasteiger partial charge in [0.1, 0.15) is 18.3 Å². The Labute approximate surface area is 126 Å². The molecule has 6 N–H and O–H groups in total. The van der Waals surface area contributed by atoms with Gasteiger partial charge in [0.15, 0.2) is 0 Å². The number of methoxy groups -OCH3 is 1. The molecule has 128 valence electrons. The summed E-state index contributed by atoms with van der Waals surface area (Å²) in [5.74, 6) is -4.32. The number of nitrogens with one attached hydrogen (secondary N) is 1. The fourth-order valence-electron chi connectivity index (χ4n) is 2.29. The maximum atomic E-state index is 11.6. The predicted octanol–water partition coefficient (Wildman–Crippen LogP) is -3.78. The van der Waals surface area contributed by atoms with Gasteiger partial charge in [-0.05, 0) is 0 Å². The van der Waals surface area contributed by atoms with Crippen LogP contribution in [0.2, 0.25) is 0 Å². The minimum absolute atomic E-state index is 0.563. The average Bonchev–Trinajstić information content (AvgIpc) is 2.46. The second-order valence-electron chi connectivity index (χ2n) is 5.10. The van der Waals surface area contributed by atoms with Gasteiger partial charge in [-0.1, -0.05) is 0 Å². The Hall–Kier alpha value is -1.30. The predicted molar refractivity (Wildman–Crippen MR) is 69.2 cm³/mol. The van der Waals surface area contributed by atoms with Gasteiger partial charge in [-0.3, -0.25) is 4.79 Å². The second kappa shape index (κ2) is 7.31. The number of aliphatic hydroxyl groups excluding tert-OH is 4. The summed E-state index contributed by atoms with van der Waals surface area (Å²) in [6, 6.07) is -1.21. The minimum atomic E-state index is -2.55. The summed E-state index contributed by atoms with van der Waals surface area (Å²) in [5.41, 5.74) is 0. The molecule has 0 aromatic carbocycles. The topological polar surface area (TPSA) is 166 Å². The fourth-order valence-corrected chi connectivity index (χ4v) is 2.29. The zero-order valence-corrected chi connectivity index (χ0v) is 12.2. The van der Waals surface area contributed by atoms with Crippen molar-refractivity contribution in [1.82, 2.24) is 5.32 Å². The Kier molecular flexibility index (Phi) is 6.23. The molecule has 0 spiro atoms. The normalized spacial score (nSPS) is 34.6. The van der Waals surface area contributed by atoms with Crippen LogP contribution in [0.3, 0.4) is 0 Å². The van der Waals surface area contributed by atoms with Gasteiger partial charge >= 0.3 is 5.97 Å². The van der Waals surface area contributed by atoms with E-state index in [4.69, 9.17) is 9.84 Å². The van der Waals surface area contributed by atoms with Crippen LogP contribution >= 0.6 is 0 Å². The Bertz CT molecular complexity index is 417. The molecule has 0 aromatic heterocycles. The summed E-state index contributed by atoms with van der Waals surface area (Å²) in [6.07, 6.45) is -7.09. The third kappa shape index (κ3) is 3.91. The minimum Gasteiger partial charge on any atom is -0.465 e. The highest BCUT2D eigenvalue weighted by atomic mass is 16.7. The van der Waals surface area contributed by atoms with Gasteiger partial charge in [0.2, 0.25) is 5.91 Å². The van der Waals surface area contributed by atoms with Crippen molar-refractivity contribution in [2.24, 2.45) is 0 Å². The van der Waals surface area contributed by atoms with E-state index < -0.39 is 61.1 Å². The van der Waals surface area contributed by atoms with Crippen molar-refractivity contribution < 1.29 is 44.6 Å². The highest BCUT2D eigenvalue weighted by molar-refractivity contribution is 5.78.